The third-order valence-electron chi connectivity index (χ3n) is 4.27. The first-order chi connectivity index (χ1) is 15.1. The summed E-state index contributed by atoms with van der Waals surface area (Å²) in [7, 11) is 0. The fourth-order valence-corrected chi connectivity index (χ4v) is 2.85. The minimum atomic E-state index is -2.29. The SMILES string of the molecule is CC(C)(C)OC(=O)N(C(=O)OC(C)(C)C)C(C)(Nc1ncccc1-c1ccccc1)C(=O)O. The second kappa shape index (κ2) is 9.48. The Morgan fingerprint density at radius 3 is 1.82 bits per heavy atom. The van der Waals surface area contributed by atoms with Gasteiger partial charge in [0, 0.05) is 11.8 Å². The van der Waals surface area contributed by atoms with Gasteiger partial charge in [0.1, 0.15) is 17.0 Å². The monoisotopic (exact) mass is 457 g/mol. The molecule has 0 fully saturated rings. The molecule has 0 aliphatic rings. The largest absolute Gasteiger partial charge is 0.478 e. The van der Waals surface area contributed by atoms with Crippen molar-refractivity contribution in [2.24, 2.45) is 0 Å². The van der Waals surface area contributed by atoms with Crippen LogP contribution < -0.4 is 5.32 Å². The first-order valence-electron chi connectivity index (χ1n) is 10.4. The molecule has 1 unspecified atom stereocenters. The Balaban J connectivity index is 2.60. The maximum atomic E-state index is 13.1. The highest BCUT2D eigenvalue weighted by Gasteiger charge is 2.50. The summed E-state index contributed by atoms with van der Waals surface area (Å²) in [5, 5.41) is 12.9. The Hall–Kier alpha value is -3.62. The summed E-state index contributed by atoms with van der Waals surface area (Å²) in [5.41, 5.74) is -2.92. The number of hydrogen-bond donors (Lipinski definition) is 2. The van der Waals surface area contributed by atoms with Crippen molar-refractivity contribution in [3.05, 3.63) is 48.7 Å². The number of hydrogen-bond acceptors (Lipinski definition) is 7. The van der Waals surface area contributed by atoms with E-state index in [4.69, 9.17) is 9.47 Å². The Bertz CT molecular complexity index is 983. The standard InChI is InChI=1S/C24H31N3O6/c1-22(2,3)32-20(30)27(21(31)33-23(4,5)6)24(7,19(28)29)26-18-17(14-11-15-25-18)16-12-9-8-10-13-16/h8-15H,1-7H3,(H,25,26)(H,28,29). The van der Waals surface area contributed by atoms with E-state index in [2.05, 4.69) is 10.3 Å². The lowest BCUT2D eigenvalue weighted by Gasteiger charge is -2.38. The Kier molecular flexibility index (Phi) is 7.36. The van der Waals surface area contributed by atoms with Crippen LogP contribution in [-0.2, 0) is 14.3 Å². The number of imide groups is 1. The molecule has 0 aliphatic carbocycles. The van der Waals surface area contributed by atoms with Gasteiger partial charge >= 0.3 is 18.2 Å². The van der Waals surface area contributed by atoms with Gasteiger partial charge in [-0.1, -0.05) is 30.3 Å². The van der Waals surface area contributed by atoms with Crippen molar-refractivity contribution in [2.45, 2.75) is 65.3 Å². The molecule has 0 bridgehead atoms. The topological polar surface area (TPSA) is 118 Å². The number of ether oxygens (including phenoxy) is 2. The number of carboxylic acid groups (broad SMARTS) is 1. The molecular weight excluding hydrogens is 426 g/mol. The molecule has 0 saturated heterocycles. The van der Waals surface area contributed by atoms with Crippen LogP contribution >= 0.6 is 0 Å². The number of carbonyl (C=O) groups excluding carboxylic acids is 2. The minimum Gasteiger partial charge on any atom is -0.478 e. The van der Waals surface area contributed by atoms with Gasteiger partial charge in [0.25, 0.3) is 0 Å². The molecule has 9 heteroatoms. The molecule has 2 amide bonds. The zero-order valence-electron chi connectivity index (χ0n) is 20.0. The number of nitrogens with one attached hydrogen (secondary N) is 1. The van der Waals surface area contributed by atoms with E-state index in [1.54, 1.807) is 53.7 Å². The van der Waals surface area contributed by atoms with E-state index in [1.807, 2.05) is 30.3 Å². The number of carbonyl (C=O) groups is 3. The van der Waals surface area contributed by atoms with Crippen molar-refractivity contribution < 1.29 is 29.0 Å². The minimum absolute atomic E-state index is 0.158. The highest BCUT2D eigenvalue weighted by Crippen LogP contribution is 2.31. The third kappa shape index (κ3) is 6.68. The number of aromatic nitrogens is 1. The molecule has 1 atom stereocenters. The van der Waals surface area contributed by atoms with Gasteiger partial charge in [0.15, 0.2) is 0 Å². The smallest absolute Gasteiger partial charge is 0.422 e. The zero-order valence-corrected chi connectivity index (χ0v) is 20.0. The number of benzene rings is 1. The van der Waals surface area contributed by atoms with Crippen LogP contribution in [0.5, 0.6) is 0 Å². The van der Waals surface area contributed by atoms with Crippen molar-refractivity contribution in [3.63, 3.8) is 0 Å². The fraction of sp³-hybridized carbons (Fsp3) is 0.417. The van der Waals surface area contributed by atoms with Crippen LogP contribution in [0.15, 0.2) is 48.7 Å². The van der Waals surface area contributed by atoms with E-state index in [9.17, 15) is 19.5 Å². The summed E-state index contributed by atoms with van der Waals surface area (Å²) in [6.07, 6.45) is -0.875. The molecule has 2 aromatic rings. The Labute approximate surface area is 193 Å². The van der Waals surface area contributed by atoms with Gasteiger partial charge in [-0.15, -0.1) is 0 Å². The summed E-state index contributed by atoms with van der Waals surface area (Å²) in [6.45, 7) is 10.8. The molecule has 1 aromatic heterocycles. The molecule has 178 valence electrons. The molecule has 2 N–H and O–H groups in total. The molecule has 9 nitrogen and oxygen atoms in total. The summed E-state index contributed by atoms with van der Waals surface area (Å²) >= 11 is 0. The second-order valence-electron chi connectivity index (χ2n) is 9.56. The van der Waals surface area contributed by atoms with E-state index < -0.39 is 35.0 Å². The number of rotatable bonds is 5. The number of amides is 2. The van der Waals surface area contributed by atoms with E-state index in [-0.39, 0.29) is 5.82 Å². The third-order valence-corrected chi connectivity index (χ3v) is 4.27. The van der Waals surface area contributed by atoms with Crippen LogP contribution in [0.4, 0.5) is 15.4 Å². The molecule has 33 heavy (non-hydrogen) atoms. The lowest BCUT2D eigenvalue weighted by molar-refractivity contribution is -0.148. The molecule has 1 aromatic carbocycles. The molecule has 0 spiro atoms. The van der Waals surface area contributed by atoms with E-state index >= 15 is 0 Å². The predicted octanol–water partition coefficient (Wildman–Crippen LogP) is 5.13. The van der Waals surface area contributed by atoms with Crippen molar-refractivity contribution in [3.8, 4) is 11.1 Å². The van der Waals surface area contributed by atoms with Crippen LogP contribution in [0, 0.1) is 0 Å². The van der Waals surface area contributed by atoms with Gasteiger partial charge in [-0.2, -0.15) is 4.90 Å². The van der Waals surface area contributed by atoms with Gasteiger partial charge in [0.05, 0.1) is 0 Å². The average Bonchev–Trinajstić information content (AvgIpc) is 2.66. The van der Waals surface area contributed by atoms with Crippen molar-refractivity contribution in [2.75, 3.05) is 5.32 Å². The van der Waals surface area contributed by atoms with Crippen molar-refractivity contribution >= 4 is 24.0 Å². The van der Waals surface area contributed by atoms with E-state index in [0.717, 1.165) is 5.56 Å². The lowest BCUT2D eigenvalue weighted by Crippen LogP contribution is -2.63. The Morgan fingerprint density at radius 2 is 1.36 bits per heavy atom. The lowest BCUT2D eigenvalue weighted by atomic mass is 10.1. The van der Waals surface area contributed by atoms with Gasteiger partial charge in [-0.3, -0.25) is 0 Å². The number of pyridine rings is 1. The van der Waals surface area contributed by atoms with Crippen LogP contribution in [0.1, 0.15) is 48.5 Å². The molecule has 0 saturated carbocycles. The number of carboxylic acids is 1. The molecular formula is C24H31N3O6. The maximum Gasteiger partial charge on any atom is 0.422 e. The predicted molar refractivity (Wildman–Crippen MR) is 124 cm³/mol. The molecule has 0 radical (unpaired) electrons. The summed E-state index contributed by atoms with van der Waals surface area (Å²) in [6, 6.07) is 12.6. The molecule has 1 heterocycles. The average molecular weight is 458 g/mol. The van der Waals surface area contributed by atoms with Crippen LogP contribution in [-0.4, -0.2) is 50.0 Å². The first kappa shape index (κ1) is 25.6. The van der Waals surface area contributed by atoms with Crippen LogP contribution in [0.3, 0.4) is 0 Å². The van der Waals surface area contributed by atoms with Crippen LogP contribution in [0.2, 0.25) is 0 Å². The molecule has 2 rings (SSSR count). The Morgan fingerprint density at radius 1 is 0.848 bits per heavy atom. The van der Waals surface area contributed by atoms with Gasteiger partial charge in [0.2, 0.25) is 5.66 Å². The van der Waals surface area contributed by atoms with Crippen LogP contribution in [0.25, 0.3) is 11.1 Å². The zero-order chi connectivity index (χ0) is 25.0. The summed E-state index contributed by atoms with van der Waals surface area (Å²) in [4.78, 5) is 43.3. The molecule has 0 aliphatic heterocycles. The highest BCUT2D eigenvalue weighted by molar-refractivity contribution is 5.97. The second-order valence-corrected chi connectivity index (χ2v) is 9.56. The van der Waals surface area contributed by atoms with E-state index in [1.165, 1.54) is 13.1 Å². The fourth-order valence-electron chi connectivity index (χ4n) is 2.85. The highest BCUT2D eigenvalue weighted by atomic mass is 16.6. The van der Waals surface area contributed by atoms with E-state index in [0.29, 0.717) is 10.5 Å². The van der Waals surface area contributed by atoms with Gasteiger partial charge in [-0.05, 0) is 66.2 Å². The van der Waals surface area contributed by atoms with Gasteiger partial charge in [-0.25, -0.2) is 19.4 Å². The van der Waals surface area contributed by atoms with Crippen molar-refractivity contribution in [1.29, 1.82) is 0 Å². The summed E-state index contributed by atoms with van der Waals surface area (Å²) in [5.74, 6) is -1.35. The van der Waals surface area contributed by atoms with Gasteiger partial charge < -0.3 is 19.9 Å². The quantitative estimate of drug-likeness (QED) is 0.593. The number of nitrogens with zero attached hydrogens (tertiary/aromatic N) is 2. The number of aliphatic carboxylic acids is 1. The summed E-state index contributed by atoms with van der Waals surface area (Å²) < 4.78 is 10.7. The van der Waals surface area contributed by atoms with Crippen molar-refractivity contribution in [1.82, 2.24) is 9.88 Å². The first-order valence-corrected chi connectivity index (χ1v) is 10.4. The number of anilines is 1. The maximum absolute atomic E-state index is 13.1. The normalized spacial score (nSPS) is 13.4.